The van der Waals surface area contributed by atoms with E-state index in [4.69, 9.17) is 0 Å². The Bertz CT molecular complexity index is 205. The zero-order valence-corrected chi connectivity index (χ0v) is 9.09. The predicted molar refractivity (Wildman–Crippen MR) is 58.5 cm³/mol. The standard InChI is InChI=1S/C12H21N/c1-5-11-9-12(11)8-7-10(3)13(4)6-2/h5-6,10,12H,2,7-9H2,1,3-4H3/b11-5-. The van der Waals surface area contributed by atoms with Crippen LogP contribution in [0.4, 0.5) is 0 Å². The number of hydrogen-bond acceptors (Lipinski definition) is 1. The Balaban J connectivity index is 2.16. The predicted octanol–water partition coefficient (Wildman–Crippen LogP) is 3.20. The maximum absolute atomic E-state index is 3.77. The smallest absolute Gasteiger partial charge is 0.0252 e. The molecule has 1 aliphatic carbocycles. The van der Waals surface area contributed by atoms with Crippen LogP contribution in [-0.2, 0) is 0 Å². The largest absolute Gasteiger partial charge is 0.378 e. The van der Waals surface area contributed by atoms with Gasteiger partial charge in [0, 0.05) is 13.1 Å². The monoisotopic (exact) mass is 179 g/mol. The van der Waals surface area contributed by atoms with Crippen LogP contribution < -0.4 is 0 Å². The first-order valence-electron chi connectivity index (χ1n) is 5.18. The van der Waals surface area contributed by atoms with Crippen molar-refractivity contribution in [1.82, 2.24) is 4.90 Å². The summed E-state index contributed by atoms with van der Waals surface area (Å²) in [4.78, 5) is 2.19. The van der Waals surface area contributed by atoms with Crippen molar-refractivity contribution in [3.05, 3.63) is 24.4 Å². The Kier molecular flexibility index (Phi) is 3.58. The molecular formula is C12H21N. The van der Waals surface area contributed by atoms with Gasteiger partial charge < -0.3 is 4.90 Å². The van der Waals surface area contributed by atoms with E-state index in [-0.39, 0.29) is 0 Å². The van der Waals surface area contributed by atoms with Gasteiger partial charge in [0.05, 0.1) is 0 Å². The quantitative estimate of drug-likeness (QED) is 0.586. The first kappa shape index (κ1) is 10.4. The molecule has 0 bridgehead atoms. The third kappa shape index (κ3) is 2.91. The van der Waals surface area contributed by atoms with Gasteiger partial charge in [-0.05, 0) is 45.2 Å². The summed E-state index contributed by atoms with van der Waals surface area (Å²) in [5, 5.41) is 0. The van der Waals surface area contributed by atoms with Crippen LogP contribution in [-0.4, -0.2) is 18.0 Å². The summed E-state index contributed by atoms with van der Waals surface area (Å²) in [6, 6.07) is 0.635. The lowest BCUT2D eigenvalue weighted by Crippen LogP contribution is -2.23. The van der Waals surface area contributed by atoms with Crippen LogP contribution >= 0.6 is 0 Å². The molecule has 0 saturated heterocycles. The third-order valence-corrected chi connectivity index (χ3v) is 3.13. The average molecular weight is 179 g/mol. The Hall–Kier alpha value is -0.720. The molecule has 0 spiro atoms. The summed E-state index contributed by atoms with van der Waals surface area (Å²) in [6.45, 7) is 8.18. The number of hydrogen-bond donors (Lipinski definition) is 0. The van der Waals surface area contributed by atoms with Crippen molar-refractivity contribution in [2.45, 2.75) is 39.2 Å². The molecular weight excluding hydrogens is 158 g/mol. The molecule has 1 rings (SSSR count). The molecule has 1 nitrogen and oxygen atoms in total. The van der Waals surface area contributed by atoms with Gasteiger partial charge in [-0.3, -0.25) is 0 Å². The van der Waals surface area contributed by atoms with Crippen molar-refractivity contribution < 1.29 is 0 Å². The molecule has 1 saturated carbocycles. The minimum Gasteiger partial charge on any atom is -0.378 e. The lowest BCUT2D eigenvalue weighted by Gasteiger charge is -2.22. The molecule has 0 aliphatic heterocycles. The van der Waals surface area contributed by atoms with Crippen molar-refractivity contribution in [1.29, 1.82) is 0 Å². The van der Waals surface area contributed by atoms with Gasteiger partial charge in [0.15, 0.2) is 0 Å². The van der Waals surface area contributed by atoms with Crippen LogP contribution in [0.25, 0.3) is 0 Å². The van der Waals surface area contributed by atoms with Crippen molar-refractivity contribution in [2.24, 2.45) is 5.92 Å². The van der Waals surface area contributed by atoms with Crippen LogP contribution in [0, 0.1) is 5.92 Å². The van der Waals surface area contributed by atoms with Crippen molar-refractivity contribution in [2.75, 3.05) is 7.05 Å². The van der Waals surface area contributed by atoms with Crippen molar-refractivity contribution in [3.8, 4) is 0 Å². The number of allylic oxidation sites excluding steroid dienone is 2. The molecule has 74 valence electrons. The first-order chi connectivity index (χ1) is 6.19. The van der Waals surface area contributed by atoms with Crippen LogP contribution in [0.5, 0.6) is 0 Å². The van der Waals surface area contributed by atoms with E-state index >= 15 is 0 Å². The molecule has 0 aromatic heterocycles. The summed E-state index contributed by atoms with van der Waals surface area (Å²) >= 11 is 0. The van der Waals surface area contributed by atoms with E-state index in [9.17, 15) is 0 Å². The summed E-state index contributed by atoms with van der Waals surface area (Å²) in [6.07, 6.45) is 8.16. The van der Waals surface area contributed by atoms with Crippen molar-refractivity contribution in [3.63, 3.8) is 0 Å². The molecule has 0 radical (unpaired) electrons. The molecule has 0 amide bonds. The normalized spacial score (nSPS) is 25.8. The van der Waals surface area contributed by atoms with Crippen LogP contribution in [0.15, 0.2) is 24.4 Å². The van der Waals surface area contributed by atoms with E-state index in [0.717, 1.165) is 5.92 Å². The highest BCUT2D eigenvalue weighted by molar-refractivity contribution is 5.22. The molecule has 0 N–H and O–H groups in total. The minimum atomic E-state index is 0.635. The van der Waals surface area contributed by atoms with E-state index in [2.05, 4.69) is 38.5 Å². The second-order valence-corrected chi connectivity index (χ2v) is 4.04. The lowest BCUT2D eigenvalue weighted by molar-refractivity contribution is 0.325. The Morgan fingerprint density at radius 1 is 1.69 bits per heavy atom. The summed E-state index contributed by atoms with van der Waals surface area (Å²) in [5.41, 5.74) is 1.66. The van der Waals surface area contributed by atoms with Gasteiger partial charge in [-0.25, -0.2) is 0 Å². The summed E-state index contributed by atoms with van der Waals surface area (Å²) < 4.78 is 0. The van der Waals surface area contributed by atoms with E-state index in [1.807, 2.05) is 6.20 Å². The molecule has 0 aromatic carbocycles. The van der Waals surface area contributed by atoms with Gasteiger partial charge in [0.25, 0.3) is 0 Å². The van der Waals surface area contributed by atoms with Gasteiger partial charge >= 0.3 is 0 Å². The number of nitrogens with zero attached hydrogens (tertiary/aromatic N) is 1. The molecule has 2 unspecified atom stereocenters. The SMILES string of the molecule is C=CN(C)C(C)CCC1C/C1=C/C. The Morgan fingerprint density at radius 2 is 2.38 bits per heavy atom. The second-order valence-electron chi connectivity index (χ2n) is 4.04. The van der Waals surface area contributed by atoms with E-state index in [1.54, 1.807) is 5.57 Å². The Morgan fingerprint density at radius 3 is 2.85 bits per heavy atom. The zero-order valence-electron chi connectivity index (χ0n) is 9.09. The highest BCUT2D eigenvalue weighted by atomic mass is 15.1. The molecule has 2 atom stereocenters. The topological polar surface area (TPSA) is 3.24 Å². The fourth-order valence-corrected chi connectivity index (χ4v) is 1.69. The maximum atomic E-state index is 3.77. The van der Waals surface area contributed by atoms with E-state index in [0.29, 0.717) is 6.04 Å². The first-order valence-corrected chi connectivity index (χ1v) is 5.18. The highest BCUT2D eigenvalue weighted by Crippen LogP contribution is 2.41. The van der Waals surface area contributed by atoms with Gasteiger partial charge in [-0.15, -0.1) is 0 Å². The van der Waals surface area contributed by atoms with Crippen molar-refractivity contribution >= 4 is 0 Å². The third-order valence-electron chi connectivity index (χ3n) is 3.13. The highest BCUT2D eigenvalue weighted by Gasteiger charge is 2.28. The maximum Gasteiger partial charge on any atom is 0.0252 e. The zero-order chi connectivity index (χ0) is 9.84. The van der Waals surface area contributed by atoms with E-state index < -0.39 is 0 Å². The lowest BCUT2D eigenvalue weighted by atomic mass is 10.1. The van der Waals surface area contributed by atoms with Gasteiger partial charge in [-0.1, -0.05) is 18.2 Å². The fraction of sp³-hybridized carbons (Fsp3) is 0.667. The van der Waals surface area contributed by atoms with Crippen LogP contribution in [0.2, 0.25) is 0 Å². The molecule has 0 heterocycles. The second kappa shape index (κ2) is 4.50. The van der Waals surface area contributed by atoms with Crippen LogP contribution in [0.1, 0.15) is 33.1 Å². The van der Waals surface area contributed by atoms with E-state index in [1.165, 1.54) is 19.3 Å². The van der Waals surface area contributed by atoms with Gasteiger partial charge in [0.2, 0.25) is 0 Å². The molecule has 1 aliphatic rings. The minimum absolute atomic E-state index is 0.635. The van der Waals surface area contributed by atoms with Gasteiger partial charge in [0.1, 0.15) is 0 Å². The molecule has 0 aromatic rings. The average Bonchev–Trinajstić information content (AvgIpc) is 2.91. The molecule has 1 fully saturated rings. The van der Waals surface area contributed by atoms with Gasteiger partial charge in [-0.2, -0.15) is 0 Å². The Labute approximate surface area is 82.1 Å². The van der Waals surface area contributed by atoms with Crippen LogP contribution in [0.3, 0.4) is 0 Å². The number of rotatable bonds is 5. The molecule has 13 heavy (non-hydrogen) atoms. The fourth-order valence-electron chi connectivity index (χ4n) is 1.69. The summed E-state index contributed by atoms with van der Waals surface area (Å²) in [7, 11) is 2.10. The summed E-state index contributed by atoms with van der Waals surface area (Å²) in [5.74, 6) is 0.908. The molecule has 1 heteroatoms.